The molecule has 3 heteroatoms. The first-order chi connectivity index (χ1) is 6.17. The molecule has 0 fully saturated rings. The fourth-order valence-electron chi connectivity index (χ4n) is 1.64. The number of ether oxygens (including phenoxy) is 1. The number of fused-ring (bicyclic) bond motifs is 1. The van der Waals surface area contributed by atoms with E-state index in [1.54, 1.807) is 31.2 Å². The zero-order valence-corrected chi connectivity index (χ0v) is 7.16. The van der Waals surface area contributed by atoms with Gasteiger partial charge in [-0.25, -0.2) is 0 Å². The van der Waals surface area contributed by atoms with Gasteiger partial charge in [0.2, 0.25) is 0 Å². The van der Waals surface area contributed by atoms with Crippen molar-refractivity contribution in [1.29, 1.82) is 0 Å². The van der Waals surface area contributed by atoms with Crippen molar-refractivity contribution in [3.63, 3.8) is 0 Å². The van der Waals surface area contributed by atoms with Gasteiger partial charge < -0.3 is 4.74 Å². The molecule has 2 rings (SSSR count). The summed E-state index contributed by atoms with van der Waals surface area (Å²) in [5.74, 6) is -2.24. The quantitative estimate of drug-likeness (QED) is 0.618. The summed E-state index contributed by atoms with van der Waals surface area (Å²) in [4.78, 5) is 10.5. The van der Waals surface area contributed by atoms with Crippen LogP contribution < -0.4 is 0 Å². The summed E-state index contributed by atoms with van der Waals surface area (Å²) in [5.41, 5.74) is 1.08. The molecule has 1 aliphatic rings. The number of halogens is 1. The number of carbonyl (C=O) groups excluding carboxylic acids is 1. The smallest absolute Gasteiger partial charge is 0.292 e. The molecule has 1 aromatic rings. The molecule has 0 radical (unpaired) electrons. The summed E-state index contributed by atoms with van der Waals surface area (Å²) in [5, 5.41) is 0. The average molecular weight is 180 g/mol. The van der Waals surface area contributed by atoms with Gasteiger partial charge in [0.05, 0.1) is 6.10 Å². The normalized spacial score (nSPS) is 31.4. The van der Waals surface area contributed by atoms with Crippen LogP contribution in [-0.2, 0) is 15.4 Å². The minimum atomic E-state index is -2.24. The van der Waals surface area contributed by atoms with Gasteiger partial charge in [0, 0.05) is 5.56 Å². The molecule has 68 valence electrons. The van der Waals surface area contributed by atoms with Gasteiger partial charge in [-0.3, -0.25) is 4.79 Å². The SMILES string of the molecule is CC1OC(F)(C=O)c2ccccc21. The van der Waals surface area contributed by atoms with Gasteiger partial charge in [0.1, 0.15) is 0 Å². The first-order valence-corrected chi connectivity index (χ1v) is 4.10. The van der Waals surface area contributed by atoms with E-state index in [1.165, 1.54) is 0 Å². The molecule has 1 heterocycles. The molecular formula is C10H9FO2. The largest absolute Gasteiger partial charge is 0.329 e. The van der Waals surface area contributed by atoms with Gasteiger partial charge in [-0.05, 0) is 12.5 Å². The van der Waals surface area contributed by atoms with E-state index in [0.29, 0.717) is 5.56 Å². The summed E-state index contributed by atoms with van der Waals surface area (Å²) in [6.45, 7) is 1.73. The van der Waals surface area contributed by atoms with Crippen LogP contribution in [0.4, 0.5) is 4.39 Å². The lowest BCUT2D eigenvalue weighted by atomic mass is 10.0. The molecule has 0 bridgehead atoms. The number of carbonyl (C=O) groups is 1. The zero-order valence-electron chi connectivity index (χ0n) is 7.16. The third-order valence-corrected chi connectivity index (χ3v) is 2.27. The van der Waals surface area contributed by atoms with E-state index in [9.17, 15) is 9.18 Å². The summed E-state index contributed by atoms with van der Waals surface area (Å²) < 4.78 is 18.6. The standard InChI is InChI=1S/C10H9FO2/c1-7-8-4-2-3-5-9(8)10(11,6-12)13-7/h2-7H,1H3. The second kappa shape index (κ2) is 2.64. The minimum Gasteiger partial charge on any atom is -0.329 e. The Morgan fingerprint density at radius 3 is 2.92 bits per heavy atom. The van der Waals surface area contributed by atoms with Crippen LogP contribution in [0.15, 0.2) is 24.3 Å². The van der Waals surface area contributed by atoms with E-state index in [4.69, 9.17) is 4.74 Å². The number of alkyl halides is 1. The molecule has 1 aromatic carbocycles. The highest BCUT2D eigenvalue weighted by Crippen LogP contribution is 2.42. The van der Waals surface area contributed by atoms with Crippen LogP contribution in [0.1, 0.15) is 24.2 Å². The van der Waals surface area contributed by atoms with Crippen molar-refractivity contribution >= 4 is 6.29 Å². The van der Waals surface area contributed by atoms with E-state index in [-0.39, 0.29) is 12.4 Å². The molecule has 0 aromatic heterocycles. The van der Waals surface area contributed by atoms with Crippen LogP contribution in [0.3, 0.4) is 0 Å². The summed E-state index contributed by atoms with van der Waals surface area (Å²) in [7, 11) is 0. The number of hydrogen-bond acceptors (Lipinski definition) is 2. The molecule has 0 amide bonds. The van der Waals surface area contributed by atoms with Gasteiger partial charge in [0.25, 0.3) is 5.85 Å². The first-order valence-electron chi connectivity index (χ1n) is 4.10. The Labute approximate surface area is 75.3 Å². The Balaban J connectivity index is 2.59. The summed E-state index contributed by atoms with van der Waals surface area (Å²) >= 11 is 0. The number of rotatable bonds is 1. The molecule has 0 spiro atoms. The van der Waals surface area contributed by atoms with Crippen molar-refractivity contribution < 1.29 is 13.9 Å². The maximum Gasteiger partial charge on any atom is 0.292 e. The molecule has 0 saturated heterocycles. The van der Waals surface area contributed by atoms with Crippen molar-refractivity contribution in [2.24, 2.45) is 0 Å². The lowest BCUT2D eigenvalue weighted by Gasteiger charge is -2.12. The van der Waals surface area contributed by atoms with E-state index < -0.39 is 5.85 Å². The van der Waals surface area contributed by atoms with Gasteiger partial charge in [-0.15, -0.1) is 0 Å². The summed E-state index contributed by atoms with van der Waals surface area (Å²) in [6.07, 6.45) is -0.151. The van der Waals surface area contributed by atoms with Crippen molar-refractivity contribution in [2.75, 3.05) is 0 Å². The van der Waals surface area contributed by atoms with Gasteiger partial charge >= 0.3 is 0 Å². The zero-order chi connectivity index (χ0) is 9.47. The fourth-order valence-corrected chi connectivity index (χ4v) is 1.64. The fraction of sp³-hybridized carbons (Fsp3) is 0.300. The topological polar surface area (TPSA) is 26.3 Å². The third kappa shape index (κ3) is 1.08. The van der Waals surface area contributed by atoms with Crippen LogP contribution >= 0.6 is 0 Å². The molecule has 1 aliphatic heterocycles. The highest BCUT2D eigenvalue weighted by molar-refractivity contribution is 5.66. The maximum absolute atomic E-state index is 13.7. The van der Waals surface area contributed by atoms with Crippen LogP contribution in [-0.4, -0.2) is 6.29 Å². The van der Waals surface area contributed by atoms with Gasteiger partial charge in [0.15, 0.2) is 6.29 Å². The van der Waals surface area contributed by atoms with Crippen molar-refractivity contribution in [1.82, 2.24) is 0 Å². The van der Waals surface area contributed by atoms with Crippen molar-refractivity contribution in [3.05, 3.63) is 35.4 Å². The highest BCUT2D eigenvalue weighted by atomic mass is 19.2. The van der Waals surface area contributed by atoms with Crippen LogP contribution in [0.2, 0.25) is 0 Å². The number of hydrogen-bond donors (Lipinski definition) is 0. The monoisotopic (exact) mass is 180 g/mol. The number of aldehydes is 1. The van der Waals surface area contributed by atoms with Gasteiger partial charge in [-0.2, -0.15) is 4.39 Å². The Morgan fingerprint density at radius 2 is 2.23 bits per heavy atom. The van der Waals surface area contributed by atoms with Crippen LogP contribution in [0, 0.1) is 0 Å². The first kappa shape index (κ1) is 8.38. The second-order valence-electron chi connectivity index (χ2n) is 3.11. The Kier molecular flexibility index (Phi) is 1.70. The minimum absolute atomic E-state index is 0.204. The molecule has 13 heavy (non-hydrogen) atoms. The predicted octanol–water partition coefficient (Wildman–Crippen LogP) is 2.10. The molecule has 0 N–H and O–H groups in total. The predicted molar refractivity (Wildman–Crippen MR) is 44.8 cm³/mol. The second-order valence-corrected chi connectivity index (χ2v) is 3.11. The van der Waals surface area contributed by atoms with Crippen molar-refractivity contribution in [2.45, 2.75) is 18.9 Å². The van der Waals surface area contributed by atoms with E-state index >= 15 is 0 Å². The van der Waals surface area contributed by atoms with E-state index in [0.717, 1.165) is 5.56 Å². The van der Waals surface area contributed by atoms with E-state index in [1.807, 2.05) is 0 Å². The van der Waals surface area contributed by atoms with Crippen molar-refractivity contribution in [3.8, 4) is 0 Å². The average Bonchev–Trinajstić information content (AvgIpc) is 2.42. The number of benzene rings is 1. The summed E-state index contributed by atoms with van der Waals surface area (Å²) in [6, 6.07) is 6.84. The molecule has 2 nitrogen and oxygen atoms in total. The van der Waals surface area contributed by atoms with Crippen LogP contribution in [0.25, 0.3) is 0 Å². The van der Waals surface area contributed by atoms with Crippen LogP contribution in [0.5, 0.6) is 0 Å². The molecule has 2 atom stereocenters. The van der Waals surface area contributed by atoms with E-state index in [2.05, 4.69) is 0 Å². The molecule has 2 unspecified atom stereocenters. The molecule has 0 aliphatic carbocycles. The lowest BCUT2D eigenvalue weighted by molar-refractivity contribution is -0.169. The lowest BCUT2D eigenvalue weighted by Crippen LogP contribution is -2.20. The Bertz CT molecular complexity index is 351. The third-order valence-electron chi connectivity index (χ3n) is 2.27. The molecular weight excluding hydrogens is 171 g/mol. The maximum atomic E-state index is 13.7. The Hall–Kier alpha value is -1.22. The van der Waals surface area contributed by atoms with Gasteiger partial charge in [-0.1, -0.05) is 24.3 Å². The highest BCUT2D eigenvalue weighted by Gasteiger charge is 2.43. The Morgan fingerprint density at radius 1 is 1.54 bits per heavy atom. The molecule has 0 saturated carbocycles.